The van der Waals surface area contributed by atoms with Crippen molar-refractivity contribution in [3.8, 4) is 5.69 Å². The molecule has 1 aromatic carbocycles. The molecule has 3 aromatic rings. The average molecular weight is 272 g/mol. The summed E-state index contributed by atoms with van der Waals surface area (Å²) in [7, 11) is 0. The van der Waals surface area contributed by atoms with Crippen molar-refractivity contribution in [3.63, 3.8) is 0 Å². The van der Waals surface area contributed by atoms with Crippen LogP contribution in [0.5, 0.6) is 0 Å². The van der Waals surface area contributed by atoms with Crippen molar-refractivity contribution in [3.05, 3.63) is 47.6 Å². The molecular weight excluding hydrogens is 262 g/mol. The lowest BCUT2D eigenvalue weighted by molar-refractivity contribution is 0.820. The van der Waals surface area contributed by atoms with Crippen molar-refractivity contribution >= 4 is 34.5 Å². The molecule has 94 valence electrons. The Bertz CT molecular complexity index is 778. The first-order valence-corrected chi connectivity index (χ1v) is 5.98. The second kappa shape index (κ2) is 4.37. The van der Waals surface area contributed by atoms with Gasteiger partial charge in [-0.2, -0.15) is 0 Å². The van der Waals surface area contributed by atoms with Gasteiger partial charge in [-0.25, -0.2) is 9.67 Å². The topological polar surface area (TPSA) is 69.6 Å². The Morgan fingerprint density at radius 1 is 1.32 bits per heavy atom. The molecule has 6 heteroatoms. The van der Waals surface area contributed by atoms with Crippen LogP contribution in [0.1, 0.15) is 5.56 Å². The van der Waals surface area contributed by atoms with Crippen molar-refractivity contribution in [2.24, 2.45) is 0 Å². The highest BCUT2D eigenvalue weighted by atomic mass is 35.5. The van der Waals surface area contributed by atoms with E-state index in [0.717, 1.165) is 11.0 Å². The van der Waals surface area contributed by atoms with E-state index in [1.165, 1.54) is 0 Å². The molecule has 0 aliphatic heterocycles. The Labute approximate surface area is 114 Å². The summed E-state index contributed by atoms with van der Waals surface area (Å²) in [5.74, 6) is 0.341. The summed E-state index contributed by atoms with van der Waals surface area (Å²) >= 11 is 6.14. The lowest BCUT2D eigenvalue weighted by Crippen LogP contribution is -2.03. The van der Waals surface area contributed by atoms with Gasteiger partial charge < -0.3 is 5.73 Å². The number of hydrogen-bond donors (Lipinski definition) is 1. The molecule has 0 saturated heterocycles. The molecule has 0 unspecified atom stereocenters. The number of para-hydroxylation sites is 1. The van der Waals surface area contributed by atoms with Crippen molar-refractivity contribution in [1.82, 2.24) is 20.0 Å². The maximum Gasteiger partial charge on any atom is 0.157 e. The van der Waals surface area contributed by atoms with Gasteiger partial charge in [-0.05, 0) is 18.2 Å². The van der Waals surface area contributed by atoms with Gasteiger partial charge in [-0.3, -0.25) is 0 Å². The first-order chi connectivity index (χ1) is 9.20. The van der Waals surface area contributed by atoms with Gasteiger partial charge in [0.05, 0.1) is 5.52 Å². The fraction of sp³-hybridized carbons (Fsp3) is 0. The van der Waals surface area contributed by atoms with E-state index in [2.05, 4.69) is 21.9 Å². The number of anilines is 1. The molecule has 2 aromatic heterocycles. The fourth-order valence-electron chi connectivity index (χ4n) is 1.87. The quantitative estimate of drug-likeness (QED) is 0.728. The molecule has 0 amide bonds. The van der Waals surface area contributed by atoms with Gasteiger partial charge in [0.2, 0.25) is 0 Å². The Kier molecular flexibility index (Phi) is 2.68. The van der Waals surface area contributed by atoms with Crippen LogP contribution in [-0.2, 0) is 0 Å². The smallest absolute Gasteiger partial charge is 0.157 e. The Hall–Kier alpha value is -2.40. The van der Waals surface area contributed by atoms with Crippen LogP contribution in [0.2, 0.25) is 5.15 Å². The van der Waals surface area contributed by atoms with Gasteiger partial charge in [-0.1, -0.05) is 41.6 Å². The molecule has 0 bridgehead atoms. The summed E-state index contributed by atoms with van der Waals surface area (Å²) in [6.45, 7) is 3.70. The summed E-state index contributed by atoms with van der Waals surface area (Å²) in [5, 5.41) is 8.46. The summed E-state index contributed by atoms with van der Waals surface area (Å²) in [6, 6.07) is 9.40. The van der Waals surface area contributed by atoms with Crippen molar-refractivity contribution in [2.45, 2.75) is 0 Å². The number of fused-ring (bicyclic) bond motifs is 1. The predicted molar refractivity (Wildman–Crippen MR) is 76.2 cm³/mol. The molecule has 0 fully saturated rings. The molecular formula is C13H10ClN5. The van der Waals surface area contributed by atoms with Crippen molar-refractivity contribution < 1.29 is 0 Å². The Morgan fingerprint density at radius 2 is 2.11 bits per heavy atom. The first-order valence-electron chi connectivity index (χ1n) is 5.60. The monoisotopic (exact) mass is 271 g/mol. The number of rotatable bonds is 2. The SMILES string of the molecule is C=Cc1cc(-n2nnc3ccccc32)c(Cl)nc1N. The molecule has 0 aliphatic carbocycles. The van der Waals surface area contributed by atoms with Crippen molar-refractivity contribution in [1.29, 1.82) is 0 Å². The highest BCUT2D eigenvalue weighted by Gasteiger charge is 2.12. The van der Waals surface area contributed by atoms with E-state index in [9.17, 15) is 0 Å². The number of benzene rings is 1. The Morgan fingerprint density at radius 3 is 2.89 bits per heavy atom. The van der Waals surface area contributed by atoms with Crippen molar-refractivity contribution in [2.75, 3.05) is 5.73 Å². The summed E-state index contributed by atoms with van der Waals surface area (Å²) in [6.07, 6.45) is 1.63. The van der Waals surface area contributed by atoms with E-state index < -0.39 is 0 Å². The molecule has 0 radical (unpaired) electrons. The van der Waals surface area contributed by atoms with E-state index in [-0.39, 0.29) is 5.15 Å². The van der Waals surface area contributed by atoms with Crippen LogP contribution >= 0.6 is 11.6 Å². The third kappa shape index (κ3) is 1.84. The normalized spacial score (nSPS) is 10.8. The zero-order valence-corrected chi connectivity index (χ0v) is 10.7. The third-order valence-corrected chi connectivity index (χ3v) is 3.10. The van der Waals surface area contributed by atoms with Crippen LogP contribution in [0.15, 0.2) is 36.9 Å². The van der Waals surface area contributed by atoms with Gasteiger partial charge in [0, 0.05) is 5.56 Å². The maximum atomic E-state index is 6.14. The van der Waals surface area contributed by atoms with Crippen LogP contribution in [0.4, 0.5) is 5.82 Å². The average Bonchev–Trinajstić information content (AvgIpc) is 2.83. The van der Waals surface area contributed by atoms with E-state index in [1.54, 1.807) is 16.8 Å². The van der Waals surface area contributed by atoms with Crippen LogP contribution in [0, 0.1) is 0 Å². The summed E-state index contributed by atoms with van der Waals surface area (Å²) in [4.78, 5) is 4.09. The van der Waals surface area contributed by atoms with Crippen LogP contribution in [-0.4, -0.2) is 20.0 Å². The fourth-order valence-corrected chi connectivity index (χ4v) is 2.09. The molecule has 0 saturated carbocycles. The highest BCUT2D eigenvalue weighted by Crippen LogP contribution is 2.25. The second-order valence-electron chi connectivity index (χ2n) is 3.97. The molecule has 0 aliphatic rings. The van der Waals surface area contributed by atoms with Gasteiger partial charge >= 0.3 is 0 Å². The van der Waals surface area contributed by atoms with E-state index >= 15 is 0 Å². The van der Waals surface area contributed by atoms with Gasteiger partial charge in [-0.15, -0.1) is 5.10 Å². The minimum atomic E-state index is 0.277. The number of nitrogens with zero attached hydrogens (tertiary/aromatic N) is 4. The molecule has 5 nitrogen and oxygen atoms in total. The maximum absolute atomic E-state index is 6.14. The van der Waals surface area contributed by atoms with Crippen LogP contribution in [0.25, 0.3) is 22.8 Å². The van der Waals surface area contributed by atoms with Gasteiger partial charge in [0.1, 0.15) is 17.0 Å². The molecule has 0 spiro atoms. The number of halogens is 1. The minimum Gasteiger partial charge on any atom is -0.383 e. The predicted octanol–water partition coefficient (Wildman–Crippen LogP) is 2.69. The molecule has 0 atom stereocenters. The highest BCUT2D eigenvalue weighted by molar-refractivity contribution is 6.31. The standard InChI is InChI=1S/C13H10ClN5/c1-2-8-7-11(12(14)16-13(8)15)19-10-6-4-3-5-9(10)17-18-19/h2-7H,1H2,(H2,15,16). The molecule has 3 rings (SSSR count). The van der Waals surface area contributed by atoms with Crippen LogP contribution in [0.3, 0.4) is 0 Å². The second-order valence-corrected chi connectivity index (χ2v) is 4.32. The zero-order chi connectivity index (χ0) is 13.4. The summed E-state index contributed by atoms with van der Waals surface area (Å²) < 4.78 is 1.64. The lowest BCUT2D eigenvalue weighted by atomic mass is 10.2. The van der Waals surface area contributed by atoms with Crippen LogP contribution < -0.4 is 5.73 Å². The number of pyridine rings is 1. The number of hydrogen-bond acceptors (Lipinski definition) is 4. The zero-order valence-electron chi connectivity index (χ0n) is 9.92. The summed E-state index contributed by atoms with van der Waals surface area (Å²) in [5.41, 5.74) is 8.73. The van der Waals surface area contributed by atoms with E-state index in [1.807, 2.05) is 24.3 Å². The molecule has 2 N–H and O–H groups in total. The first kappa shape index (κ1) is 11.7. The van der Waals surface area contributed by atoms with E-state index in [0.29, 0.717) is 17.1 Å². The largest absolute Gasteiger partial charge is 0.383 e. The third-order valence-electron chi connectivity index (χ3n) is 2.82. The number of aromatic nitrogens is 4. The van der Waals surface area contributed by atoms with Gasteiger partial charge in [0.15, 0.2) is 5.15 Å². The molecule has 2 heterocycles. The number of nitrogen functional groups attached to an aromatic ring is 1. The van der Waals surface area contributed by atoms with E-state index in [4.69, 9.17) is 17.3 Å². The minimum absolute atomic E-state index is 0.277. The Balaban J connectivity index is 2.29. The lowest BCUT2D eigenvalue weighted by Gasteiger charge is -2.07. The number of nitrogens with two attached hydrogens (primary N) is 1. The van der Waals surface area contributed by atoms with Gasteiger partial charge in [0.25, 0.3) is 0 Å². The molecule has 19 heavy (non-hydrogen) atoms.